The van der Waals surface area contributed by atoms with Crippen LogP contribution in [-0.4, -0.2) is 13.4 Å². The number of hydrogen-bond acceptors (Lipinski definition) is 4. The van der Waals surface area contributed by atoms with Gasteiger partial charge >= 0.3 is 0 Å². The Morgan fingerprint density at radius 2 is 2.00 bits per heavy atom. The monoisotopic (exact) mass is 315 g/mol. The summed E-state index contributed by atoms with van der Waals surface area (Å²) in [6, 6.07) is 6.50. The van der Waals surface area contributed by atoms with Gasteiger partial charge in [0.05, 0.1) is 17.1 Å². The zero-order valence-electron chi connectivity index (χ0n) is 10.4. The highest BCUT2D eigenvalue weighted by molar-refractivity contribution is 7.92. The lowest BCUT2D eigenvalue weighted by Gasteiger charge is -2.12. The zero-order chi connectivity index (χ0) is 14.9. The highest BCUT2D eigenvalue weighted by Crippen LogP contribution is 2.25. The van der Waals surface area contributed by atoms with Gasteiger partial charge in [0.2, 0.25) is 0 Å². The summed E-state index contributed by atoms with van der Waals surface area (Å²) in [7, 11) is -4.00. The number of aryl methyl sites for hydroxylation is 1. The van der Waals surface area contributed by atoms with Crippen molar-refractivity contribution in [2.24, 2.45) is 0 Å². The van der Waals surface area contributed by atoms with Crippen LogP contribution in [0.4, 0.5) is 15.8 Å². The lowest BCUT2D eigenvalue weighted by molar-refractivity contribution is 0.597. The molecule has 0 bridgehead atoms. The molecule has 2 rings (SSSR count). The number of hydrogen-bond donors (Lipinski definition) is 2. The Morgan fingerprint density at radius 1 is 1.30 bits per heavy atom. The number of anilines is 2. The number of para-hydroxylation sites is 1. The van der Waals surface area contributed by atoms with E-state index in [0.29, 0.717) is 5.69 Å². The number of halogens is 2. The van der Waals surface area contributed by atoms with Crippen LogP contribution in [0.25, 0.3) is 0 Å². The fraction of sp³-hybridized carbons (Fsp3) is 0.0833. The SMILES string of the molecule is Cc1nc(Cl)ccc1NS(=O)(=O)c1cccc(F)c1N. The summed E-state index contributed by atoms with van der Waals surface area (Å²) in [6.45, 7) is 1.60. The second-order valence-electron chi connectivity index (χ2n) is 4.02. The van der Waals surface area contributed by atoms with E-state index in [4.69, 9.17) is 17.3 Å². The maximum atomic E-state index is 13.3. The van der Waals surface area contributed by atoms with Crippen LogP contribution in [0.1, 0.15) is 5.69 Å². The Morgan fingerprint density at radius 3 is 2.65 bits per heavy atom. The number of nitrogens with zero attached hydrogens (tertiary/aromatic N) is 1. The number of sulfonamides is 1. The first-order valence-corrected chi connectivity index (χ1v) is 7.37. The second-order valence-corrected chi connectivity index (χ2v) is 6.06. The van der Waals surface area contributed by atoms with Crippen molar-refractivity contribution in [1.29, 1.82) is 0 Å². The van der Waals surface area contributed by atoms with Gasteiger partial charge in [0.1, 0.15) is 15.9 Å². The van der Waals surface area contributed by atoms with Crippen LogP contribution in [0.3, 0.4) is 0 Å². The van der Waals surface area contributed by atoms with E-state index in [2.05, 4.69) is 9.71 Å². The topological polar surface area (TPSA) is 85.1 Å². The minimum Gasteiger partial charge on any atom is -0.395 e. The van der Waals surface area contributed by atoms with Gasteiger partial charge in [0.15, 0.2) is 0 Å². The van der Waals surface area contributed by atoms with Crippen molar-refractivity contribution in [3.8, 4) is 0 Å². The normalized spacial score (nSPS) is 11.3. The molecule has 0 spiro atoms. The fourth-order valence-electron chi connectivity index (χ4n) is 1.59. The summed E-state index contributed by atoms with van der Waals surface area (Å²) in [5.41, 5.74) is 5.67. The third-order valence-corrected chi connectivity index (χ3v) is 4.23. The Bertz CT molecular complexity index is 765. The van der Waals surface area contributed by atoms with Crippen LogP contribution in [0.15, 0.2) is 35.2 Å². The Labute approximate surface area is 120 Å². The molecule has 20 heavy (non-hydrogen) atoms. The van der Waals surface area contributed by atoms with Crippen LogP contribution in [-0.2, 0) is 10.0 Å². The molecule has 0 aliphatic heterocycles. The molecule has 0 unspecified atom stereocenters. The van der Waals surface area contributed by atoms with Gasteiger partial charge in [-0.1, -0.05) is 17.7 Å². The van der Waals surface area contributed by atoms with E-state index in [1.165, 1.54) is 24.3 Å². The molecule has 1 aromatic heterocycles. The van der Waals surface area contributed by atoms with Crippen molar-refractivity contribution >= 4 is 33.0 Å². The van der Waals surface area contributed by atoms with Crippen molar-refractivity contribution in [3.05, 3.63) is 47.0 Å². The Balaban J connectivity index is 2.44. The minimum atomic E-state index is -4.00. The predicted molar refractivity (Wildman–Crippen MR) is 75.6 cm³/mol. The van der Waals surface area contributed by atoms with Crippen molar-refractivity contribution in [1.82, 2.24) is 4.98 Å². The number of nitrogens with two attached hydrogens (primary N) is 1. The van der Waals surface area contributed by atoms with E-state index in [1.54, 1.807) is 6.92 Å². The number of aromatic nitrogens is 1. The molecule has 106 valence electrons. The highest BCUT2D eigenvalue weighted by Gasteiger charge is 2.20. The number of nitrogens with one attached hydrogen (secondary N) is 1. The lowest BCUT2D eigenvalue weighted by atomic mass is 10.3. The molecule has 0 aliphatic rings. The summed E-state index contributed by atoms with van der Waals surface area (Å²) < 4.78 is 40.0. The summed E-state index contributed by atoms with van der Waals surface area (Å²) in [6.07, 6.45) is 0. The highest BCUT2D eigenvalue weighted by atomic mass is 35.5. The van der Waals surface area contributed by atoms with Crippen LogP contribution >= 0.6 is 11.6 Å². The first kappa shape index (κ1) is 14.5. The molecule has 1 heterocycles. The molecular formula is C12H11ClFN3O2S. The average Bonchev–Trinajstić information content (AvgIpc) is 2.36. The molecule has 8 heteroatoms. The number of benzene rings is 1. The second kappa shape index (κ2) is 5.26. The first-order chi connectivity index (χ1) is 9.31. The van der Waals surface area contributed by atoms with E-state index in [1.807, 2.05) is 0 Å². The predicted octanol–water partition coefficient (Wildman–Crippen LogP) is 2.57. The summed E-state index contributed by atoms with van der Waals surface area (Å²) in [5, 5.41) is 0.246. The molecule has 5 nitrogen and oxygen atoms in total. The van der Waals surface area contributed by atoms with E-state index < -0.39 is 21.5 Å². The van der Waals surface area contributed by atoms with Crippen molar-refractivity contribution in [3.63, 3.8) is 0 Å². The maximum Gasteiger partial charge on any atom is 0.264 e. The number of pyridine rings is 1. The average molecular weight is 316 g/mol. The Hall–Kier alpha value is -1.86. The van der Waals surface area contributed by atoms with Gasteiger partial charge in [-0.2, -0.15) is 0 Å². The van der Waals surface area contributed by atoms with Gasteiger partial charge in [-0.05, 0) is 31.2 Å². The summed E-state index contributed by atoms with van der Waals surface area (Å²) >= 11 is 5.69. The smallest absolute Gasteiger partial charge is 0.264 e. The van der Waals surface area contributed by atoms with Crippen LogP contribution in [0.2, 0.25) is 5.15 Å². The van der Waals surface area contributed by atoms with Crippen LogP contribution in [0.5, 0.6) is 0 Å². The lowest BCUT2D eigenvalue weighted by Crippen LogP contribution is -2.16. The Kier molecular flexibility index (Phi) is 3.82. The molecule has 0 atom stereocenters. The largest absolute Gasteiger partial charge is 0.395 e. The summed E-state index contributed by atoms with van der Waals surface area (Å²) in [4.78, 5) is 3.60. The van der Waals surface area contributed by atoms with E-state index >= 15 is 0 Å². The number of nitrogen functional groups attached to an aromatic ring is 1. The molecule has 2 aromatic rings. The van der Waals surface area contributed by atoms with E-state index in [-0.39, 0.29) is 15.7 Å². The zero-order valence-corrected chi connectivity index (χ0v) is 12.0. The molecule has 0 amide bonds. The number of rotatable bonds is 3. The van der Waals surface area contributed by atoms with Crippen LogP contribution < -0.4 is 10.5 Å². The molecular weight excluding hydrogens is 305 g/mol. The summed E-state index contributed by atoms with van der Waals surface area (Å²) in [5.74, 6) is -0.793. The molecule has 1 aromatic carbocycles. The fourth-order valence-corrected chi connectivity index (χ4v) is 3.04. The molecule has 0 saturated heterocycles. The van der Waals surface area contributed by atoms with Crippen molar-refractivity contribution in [2.75, 3.05) is 10.5 Å². The van der Waals surface area contributed by atoms with Gasteiger partial charge in [-0.3, -0.25) is 4.72 Å². The van der Waals surface area contributed by atoms with Gasteiger partial charge in [-0.15, -0.1) is 0 Å². The third-order valence-electron chi connectivity index (χ3n) is 2.60. The molecule has 0 aliphatic carbocycles. The first-order valence-electron chi connectivity index (χ1n) is 5.51. The van der Waals surface area contributed by atoms with Gasteiger partial charge in [-0.25, -0.2) is 17.8 Å². The minimum absolute atomic E-state index is 0.246. The van der Waals surface area contributed by atoms with Gasteiger partial charge in [0.25, 0.3) is 10.0 Å². The van der Waals surface area contributed by atoms with Crippen molar-refractivity contribution in [2.45, 2.75) is 11.8 Å². The standard InChI is InChI=1S/C12H11ClFN3O2S/c1-7-9(5-6-11(13)16-7)17-20(18,19)10-4-2-3-8(14)12(10)15/h2-6,17H,15H2,1H3. The molecule has 3 N–H and O–H groups in total. The molecule has 0 saturated carbocycles. The molecule has 0 radical (unpaired) electrons. The van der Waals surface area contributed by atoms with Crippen LogP contribution in [0, 0.1) is 12.7 Å². The third kappa shape index (κ3) is 2.83. The quantitative estimate of drug-likeness (QED) is 0.673. The van der Waals surface area contributed by atoms with Gasteiger partial charge in [0, 0.05) is 0 Å². The van der Waals surface area contributed by atoms with Crippen molar-refractivity contribution < 1.29 is 12.8 Å². The van der Waals surface area contributed by atoms with E-state index in [9.17, 15) is 12.8 Å². The van der Waals surface area contributed by atoms with E-state index in [0.717, 1.165) is 6.07 Å². The van der Waals surface area contributed by atoms with Gasteiger partial charge < -0.3 is 5.73 Å². The maximum absolute atomic E-state index is 13.3. The molecule has 0 fully saturated rings.